The second-order valence-corrected chi connectivity index (χ2v) is 4.03. The number of hydrogen-bond acceptors (Lipinski definition) is 4. The van der Waals surface area contributed by atoms with Gasteiger partial charge in [-0.15, -0.1) is 0 Å². The third-order valence-electron chi connectivity index (χ3n) is 3.02. The minimum atomic E-state index is -1.04. The summed E-state index contributed by atoms with van der Waals surface area (Å²) >= 11 is 0. The molecule has 16 heavy (non-hydrogen) atoms. The predicted octanol–water partition coefficient (Wildman–Crippen LogP) is 0.934. The Kier molecular flexibility index (Phi) is 3.26. The monoisotopic (exact) mass is 225 g/mol. The average molecular weight is 225 g/mol. The summed E-state index contributed by atoms with van der Waals surface area (Å²) < 4.78 is 4.92. The van der Waals surface area contributed by atoms with E-state index in [9.17, 15) is 4.79 Å². The van der Waals surface area contributed by atoms with Crippen LogP contribution in [0, 0.1) is 0 Å². The average Bonchev–Trinajstić information content (AvgIpc) is 2.86. The van der Waals surface area contributed by atoms with Crippen LogP contribution in [0.15, 0.2) is 16.7 Å². The molecule has 2 heterocycles. The van der Waals surface area contributed by atoms with Gasteiger partial charge in [0.05, 0.1) is 12.9 Å². The molecular weight excluding hydrogens is 210 g/mol. The molecule has 0 aliphatic carbocycles. The fraction of sp³-hybridized carbons (Fsp3) is 0.545. The van der Waals surface area contributed by atoms with Crippen LogP contribution >= 0.6 is 0 Å². The van der Waals surface area contributed by atoms with Crippen LogP contribution in [0.1, 0.15) is 29.0 Å². The molecule has 5 nitrogen and oxygen atoms in total. The van der Waals surface area contributed by atoms with Crippen molar-refractivity contribution in [1.29, 1.82) is 0 Å². The Hall–Kier alpha value is -1.33. The van der Waals surface area contributed by atoms with Crippen LogP contribution in [0.25, 0.3) is 0 Å². The Balaban J connectivity index is 2.08. The summed E-state index contributed by atoms with van der Waals surface area (Å²) in [5.74, 6) is -1.04. The highest BCUT2D eigenvalue weighted by Gasteiger charge is 2.25. The van der Waals surface area contributed by atoms with E-state index in [-0.39, 0.29) is 18.4 Å². The topological polar surface area (TPSA) is 73.9 Å². The molecule has 2 N–H and O–H groups in total. The molecule has 0 radical (unpaired) electrons. The quantitative estimate of drug-likeness (QED) is 0.797. The predicted molar refractivity (Wildman–Crippen MR) is 56.2 cm³/mol. The second kappa shape index (κ2) is 4.67. The van der Waals surface area contributed by atoms with Crippen LogP contribution in [0.2, 0.25) is 0 Å². The molecule has 1 aliphatic rings. The largest absolute Gasteiger partial charge is 0.475 e. The van der Waals surface area contributed by atoms with Crippen molar-refractivity contribution in [1.82, 2.24) is 4.90 Å². The van der Waals surface area contributed by atoms with Crippen molar-refractivity contribution in [2.24, 2.45) is 0 Å². The summed E-state index contributed by atoms with van der Waals surface area (Å²) in [5, 5.41) is 18.1. The number of rotatable bonds is 4. The van der Waals surface area contributed by atoms with E-state index in [0.29, 0.717) is 12.1 Å². The van der Waals surface area contributed by atoms with Gasteiger partial charge in [-0.25, -0.2) is 4.79 Å². The molecule has 1 saturated heterocycles. The van der Waals surface area contributed by atoms with Gasteiger partial charge < -0.3 is 14.6 Å². The molecule has 0 spiro atoms. The zero-order valence-electron chi connectivity index (χ0n) is 8.93. The fourth-order valence-electron chi connectivity index (χ4n) is 2.18. The molecule has 1 aromatic rings. The number of furan rings is 1. The van der Waals surface area contributed by atoms with Gasteiger partial charge in [0, 0.05) is 18.2 Å². The van der Waals surface area contributed by atoms with Gasteiger partial charge in [-0.2, -0.15) is 0 Å². The van der Waals surface area contributed by atoms with Crippen molar-refractivity contribution in [3.8, 4) is 0 Å². The van der Waals surface area contributed by atoms with Crippen LogP contribution in [0.4, 0.5) is 0 Å². The van der Waals surface area contributed by atoms with Crippen molar-refractivity contribution in [2.75, 3.05) is 13.2 Å². The van der Waals surface area contributed by atoms with Gasteiger partial charge in [0.1, 0.15) is 0 Å². The van der Waals surface area contributed by atoms with Gasteiger partial charge in [0.25, 0.3) is 0 Å². The molecule has 0 saturated carbocycles. The summed E-state index contributed by atoms with van der Waals surface area (Å²) in [5.41, 5.74) is 0.674. The lowest BCUT2D eigenvalue weighted by atomic mass is 10.2. The Bertz CT molecular complexity index is 374. The first-order valence-corrected chi connectivity index (χ1v) is 5.37. The Labute approximate surface area is 93.3 Å². The highest BCUT2D eigenvalue weighted by Crippen LogP contribution is 2.21. The highest BCUT2D eigenvalue weighted by atomic mass is 16.4. The SMILES string of the molecule is O=C(O)c1occc1CN1CCCC1CO. The maximum absolute atomic E-state index is 10.8. The van der Waals surface area contributed by atoms with Crippen molar-refractivity contribution in [3.05, 3.63) is 23.7 Å². The lowest BCUT2D eigenvalue weighted by Crippen LogP contribution is -2.31. The number of carbonyl (C=O) groups is 1. The van der Waals surface area contributed by atoms with Crippen LogP contribution in [0.3, 0.4) is 0 Å². The molecule has 2 rings (SSSR count). The minimum Gasteiger partial charge on any atom is -0.475 e. The van der Waals surface area contributed by atoms with Gasteiger partial charge in [0.2, 0.25) is 5.76 Å². The molecule has 88 valence electrons. The van der Waals surface area contributed by atoms with E-state index >= 15 is 0 Å². The van der Waals surface area contributed by atoms with E-state index in [1.165, 1.54) is 6.26 Å². The van der Waals surface area contributed by atoms with Crippen molar-refractivity contribution < 1.29 is 19.4 Å². The lowest BCUT2D eigenvalue weighted by molar-refractivity contribution is 0.0658. The summed E-state index contributed by atoms with van der Waals surface area (Å²) in [6.45, 7) is 1.55. The maximum Gasteiger partial charge on any atom is 0.372 e. The molecule has 1 unspecified atom stereocenters. The molecule has 5 heteroatoms. The highest BCUT2D eigenvalue weighted by molar-refractivity contribution is 5.86. The molecule has 0 bridgehead atoms. The molecule has 1 fully saturated rings. The van der Waals surface area contributed by atoms with E-state index in [4.69, 9.17) is 14.6 Å². The fourth-order valence-corrected chi connectivity index (χ4v) is 2.18. The lowest BCUT2D eigenvalue weighted by Gasteiger charge is -2.21. The van der Waals surface area contributed by atoms with Crippen LogP contribution in [-0.4, -0.2) is 40.3 Å². The number of carboxylic acid groups (broad SMARTS) is 1. The normalized spacial score (nSPS) is 21.4. The van der Waals surface area contributed by atoms with Gasteiger partial charge in [-0.3, -0.25) is 4.90 Å². The van der Waals surface area contributed by atoms with E-state index in [1.54, 1.807) is 6.07 Å². The van der Waals surface area contributed by atoms with E-state index in [2.05, 4.69) is 4.90 Å². The van der Waals surface area contributed by atoms with Crippen molar-refractivity contribution in [3.63, 3.8) is 0 Å². The number of aromatic carboxylic acids is 1. The minimum absolute atomic E-state index is 0.00332. The number of carboxylic acids is 1. The summed E-state index contributed by atoms with van der Waals surface area (Å²) in [6, 6.07) is 1.83. The van der Waals surface area contributed by atoms with E-state index in [1.807, 2.05) is 0 Å². The summed E-state index contributed by atoms with van der Waals surface area (Å²) in [6.07, 6.45) is 3.41. The van der Waals surface area contributed by atoms with Crippen molar-refractivity contribution >= 4 is 5.97 Å². The molecule has 0 aromatic carbocycles. The standard InChI is InChI=1S/C11H15NO4/c13-7-9-2-1-4-12(9)6-8-3-5-16-10(8)11(14)15/h3,5,9,13H,1-2,4,6-7H2,(H,14,15). The second-order valence-electron chi connectivity index (χ2n) is 4.03. The Morgan fingerprint density at radius 1 is 1.62 bits per heavy atom. The maximum atomic E-state index is 10.8. The number of aliphatic hydroxyl groups is 1. The van der Waals surface area contributed by atoms with Crippen LogP contribution in [-0.2, 0) is 6.54 Å². The first-order valence-electron chi connectivity index (χ1n) is 5.37. The van der Waals surface area contributed by atoms with Crippen LogP contribution in [0.5, 0.6) is 0 Å². The molecule has 1 atom stereocenters. The van der Waals surface area contributed by atoms with Crippen molar-refractivity contribution in [2.45, 2.75) is 25.4 Å². The van der Waals surface area contributed by atoms with Gasteiger partial charge in [-0.05, 0) is 25.5 Å². The summed E-state index contributed by atoms with van der Waals surface area (Å²) in [4.78, 5) is 12.9. The molecule has 0 amide bonds. The Morgan fingerprint density at radius 3 is 3.12 bits per heavy atom. The van der Waals surface area contributed by atoms with Crippen LogP contribution < -0.4 is 0 Å². The number of likely N-dealkylation sites (tertiary alicyclic amines) is 1. The first kappa shape index (κ1) is 11.2. The molecular formula is C11H15NO4. The Morgan fingerprint density at radius 2 is 2.44 bits per heavy atom. The first-order chi connectivity index (χ1) is 7.72. The number of hydrogen-bond donors (Lipinski definition) is 2. The van der Waals surface area contributed by atoms with E-state index < -0.39 is 5.97 Å². The van der Waals surface area contributed by atoms with Gasteiger partial charge in [0.15, 0.2) is 0 Å². The smallest absolute Gasteiger partial charge is 0.372 e. The molecule has 1 aromatic heterocycles. The number of nitrogens with zero attached hydrogens (tertiary/aromatic N) is 1. The summed E-state index contributed by atoms with van der Waals surface area (Å²) in [7, 11) is 0. The third-order valence-corrected chi connectivity index (χ3v) is 3.02. The number of aliphatic hydroxyl groups excluding tert-OH is 1. The van der Waals surface area contributed by atoms with E-state index in [0.717, 1.165) is 19.4 Å². The zero-order valence-corrected chi connectivity index (χ0v) is 8.93. The third kappa shape index (κ3) is 2.10. The molecule has 1 aliphatic heterocycles. The van der Waals surface area contributed by atoms with Gasteiger partial charge in [-0.1, -0.05) is 0 Å². The van der Waals surface area contributed by atoms with Gasteiger partial charge >= 0.3 is 5.97 Å². The zero-order chi connectivity index (χ0) is 11.5.